The molecule has 0 saturated heterocycles. The highest BCUT2D eigenvalue weighted by Gasteiger charge is 2.03. The molecule has 1 N–H and O–H groups in total. The van der Waals surface area contributed by atoms with Crippen molar-refractivity contribution in [3.05, 3.63) is 53.4 Å². The summed E-state index contributed by atoms with van der Waals surface area (Å²) in [6, 6.07) is 5.48. The molecule has 0 spiro atoms. The normalized spacial score (nSPS) is 10.9. The molecule has 0 aliphatic carbocycles. The number of nitrogens with one attached hydrogen (secondary N) is 1. The summed E-state index contributed by atoms with van der Waals surface area (Å²) in [5.41, 5.74) is 1.66. The second-order valence-electron chi connectivity index (χ2n) is 4.43. The van der Waals surface area contributed by atoms with Crippen molar-refractivity contribution in [2.24, 2.45) is 0 Å². The SMILES string of the molecule is CCCn1nccc1CNCc1cc(F)cc(F)c1. The summed E-state index contributed by atoms with van der Waals surface area (Å²) in [6.07, 6.45) is 2.78. The summed E-state index contributed by atoms with van der Waals surface area (Å²) in [4.78, 5) is 0. The zero-order chi connectivity index (χ0) is 13.7. The monoisotopic (exact) mass is 265 g/mol. The van der Waals surface area contributed by atoms with E-state index in [1.807, 2.05) is 10.7 Å². The van der Waals surface area contributed by atoms with Crippen molar-refractivity contribution in [1.82, 2.24) is 15.1 Å². The molecule has 0 aliphatic rings. The molecule has 0 unspecified atom stereocenters. The number of rotatable bonds is 6. The molecular formula is C14H17F2N3. The molecule has 19 heavy (non-hydrogen) atoms. The Hall–Kier alpha value is -1.75. The zero-order valence-electron chi connectivity index (χ0n) is 10.9. The summed E-state index contributed by atoms with van der Waals surface area (Å²) in [5.74, 6) is -1.10. The largest absolute Gasteiger partial charge is 0.307 e. The van der Waals surface area contributed by atoms with Crippen molar-refractivity contribution in [3.63, 3.8) is 0 Å². The van der Waals surface area contributed by atoms with E-state index >= 15 is 0 Å². The zero-order valence-corrected chi connectivity index (χ0v) is 10.9. The molecule has 2 aromatic rings. The van der Waals surface area contributed by atoms with Gasteiger partial charge in [-0.25, -0.2) is 8.78 Å². The van der Waals surface area contributed by atoms with Crippen LogP contribution in [0.5, 0.6) is 0 Å². The average molecular weight is 265 g/mol. The summed E-state index contributed by atoms with van der Waals surface area (Å²) in [6.45, 7) is 4.01. The fraction of sp³-hybridized carbons (Fsp3) is 0.357. The maximum absolute atomic E-state index is 13.0. The van der Waals surface area contributed by atoms with Crippen molar-refractivity contribution in [3.8, 4) is 0 Å². The number of aryl methyl sites for hydroxylation is 1. The molecule has 0 radical (unpaired) electrons. The van der Waals surface area contributed by atoms with E-state index in [9.17, 15) is 8.78 Å². The second kappa shape index (κ2) is 6.43. The lowest BCUT2D eigenvalue weighted by Gasteiger charge is -2.08. The molecule has 0 amide bonds. The van der Waals surface area contributed by atoms with Gasteiger partial charge in [-0.05, 0) is 30.2 Å². The van der Waals surface area contributed by atoms with E-state index in [4.69, 9.17) is 0 Å². The molecule has 3 nitrogen and oxygen atoms in total. The Morgan fingerprint density at radius 3 is 2.58 bits per heavy atom. The molecule has 0 aliphatic heterocycles. The van der Waals surface area contributed by atoms with Gasteiger partial charge in [0.05, 0.1) is 5.69 Å². The van der Waals surface area contributed by atoms with Crippen LogP contribution in [0.2, 0.25) is 0 Å². The van der Waals surface area contributed by atoms with Gasteiger partial charge in [-0.2, -0.15) is 5.10 Å². The van der Waals surface area contributed by atoms with Crippen LogP contribution in [-0.2, 0) is 19.6 Å². The molecule has 5 heteroatoms. The van der Waals surface area contributed by atoms with Gasteiger partial charge in [0.25, 0.3) is 0 Å². The van der Waals surface area contributed by atoms with Gasteiger partial charge in [-0.1, -0.05) is 6.92 Å². The van der Waals surface area contributed by atoms with Crippen molar-refractivity contribution in [2.75, 3.05) is 0 Å². The number of hydrogen-bond acceptors (Lipinski definition) is 2. The Bertz CT molecular complexity index is 517. The number of benzene rings is 1. The molecule has 102 valence electrons. The van der Waals surface area contributed by atoms with Gasteiger partial charge < -0.3 is 5.32 Å². The first kappa shape index (κ1) is 13.7. The second-order valence-corrected chi connectivity index (χ2v) is 4.43. The van der Waals surface area contributed by atoms with Crippen LogP contribution in [-0.4, -0.2) is 9.78 Å². The first-order valence-corrected chi connectivity index (χ1v) is 6.35. The van der Waals surface area contributed by atoms with E-state index in [1.54, 1.807) is 6.20 Å². The average Bonchev–Trinajstić information content (AvgIpc) is 2.76. The van der Waals surface area contributed by atoms with Gasteiger partial charge in [0.15, 0.2) is 0 Å². The predicted octanol–water partition coefficient (Wildman–Crippen LogP) is 2.86. The lowest BCUT2D eigenvalue weighted by atomic mass is 10.2. The fourth-order valence-electron chi connectivity index (χ4n) is 1.97. The van der Waals surface area contributed by atoms with Gasteiger partial charge in [-0.3, -0.25) is 4.68 Å². The molecule has 0 atom stereocenters. The van der Waals surface area contributed by atoms with E-state index in [0.29, 0.717) is 18.7 Å². The van der Waals surface area contributed by atoms with Crippen molar-refractivity contribution in [2.45, 2.75) is 33.0 Å². The van der Waals surface area contributed by atoms with Gasteiger partial charge in [-0.15, -0.1) is 0 Å². The molecule has 1 aromatic carbocycles. The highest BCUT2D eigenvalue weighted by molar-refractivity contribution is 5.17. The molecule has 1 heterocycles. The van der Waals surface area contributed by atoms with E-state index in [-0.39, 0.29) is 0 Å². The fourth-order valence-corrected chi connectivity index (χ4v) is 1.97. The standard InChI is InChI=1S/C14H17F2N3/c1-2-5-19-14(3-4-18-19)10-17-9-11-6-12(15)8-13(16)7-11/h3-4,6-8,17H,2,5,9-10H2,1H3. The Kier molecular flexibility index (Phi) is 4.63. The number of hydrogen-bond donors (Lipinski definition) is 1. The molecule has 2 rings (SSSR count). The van der Waals surface area contributed by atoms with Crippen LogP contribution in [0.15, 0.2) is 30.5 Å². The predicted molar refractivity (Wildman–Crippen MR) is 69.4 cm³/mol. The van der Waals surface area contributed by atoms with Gasteiger partial charge in [0, 0.05) is 31.9 Å². The van der Waals surface area contributed by atoms with Crippen molar-refractivity contribution in [1.29, 1.82) is 0 Å². The third kappa shape index (κ3) is 3.86. The molecule has 1 aromatic heterocycles. The van der Waals surface area contributed by atoms with Crippen LogP contribution in [0.25, 0.3) is 0 Å². The first-order valence-electron chi connectivity index (χ1n) is 6.35. The van der Waals surface area contributed by atoms with Gasteiger partial charge in [0.2, 0.25) is 0 Å². The minimum atomic E-state index is -0.548. The summed E-state index contributed by atoms with van der Waals surface area (Å²) in [5, 5.41) is 7.38. The van der Waals surface area contributed by atoms with Gasteiger partial charge in [0.1, 0.15) is 11.6 Å². The Morgan fingerprint density at radius 1 is 1.16 bits per heavy atom. The first-order chi connectivity index (χ1) is 9.19. The summed E-state index contributed by atoms with van der Waals surface area (Å²) >= 11 is 0. The lowest BCUT2D eigenvalue weighted by molar-refractivity contribution is 0.545. The molecular weight excluding hydrogens is 248 g/mol. The summed E-state index contributed by atoms with van der Waals surface area (Å²) in [7, 11) is 0. The van der Waals surface area contributed by atoms with E-state index < -0.39 is 11.6 Å². The third-order valence-corrected chi connectivity index (χ3v) is 2.80. The topological polar surface area (TPSA) is 29.9 Å². The Labute approximate surface area is 111 Å². The highest BCUT2D eigenvalue weighted by atomic mass is 19.1. The van der Waals surface area contributed by atoms with Gasteiger partial charge >= 0.3 is 0 Å². The Balaban J connectivity index is 1.90. The Morgan fingerprint density at radius 2 is 1.89 bits per heavy atom. The van der Waals surface area contributed by atoms with E-state index in [2.05, 4.69) is 17.3 Å². The maximum Gasteiger partial charge on any atom is 0.126 e. The van der Waals surface area contributed by atoms with Crippen LogP contribution in [0.1, 0.15) is 24.6 Å². The van der Waals surface area contributed by atoms with E-state index in [0.717, 1.165) is 24.7 Å². The molecule has 0 bridgehead atoms. The summed E-state index contributed by atoms with van der Waals surface area (Å²) < 4.78 is 28.0. The quantitative estimate of drug-likeness (QED) is 0.870. The van der Waals surface area contributed by atoms with Crippen LogP contribution < -0.4 is 5.32 Å². The number of nitrogens with zero attached hydrogens (tertiary/aromatic N) is 2. The molecule has 0 saturated carbocycles. The maximum atomic E-state index is 13.0. The smallest absolute Gasteiger partial charge is 0.126 e. The third-order valence-electron chi connectivity index (χ3n) is 2.80. The number of halogens is 2. The number of aromatic nitrogens is 2. The van der Waals surface area contributed by atoms with Crippen molar-refractivity contribution < 1.29 is 8.78 Å². The lowest BCUT2D eigenvalue weighted by Crippen LogP contribution is -2.16. The van der Waals surface area contributed by atoms with E-state index in [1.165, 1.54) is 12.1 Å². The van der Waals surface area contributed by atoms with Crippen LogP contribution in [0.3, 0.4) is 0 Å². The minimum absolute atomic E-state index is 0.423. The minimum Gasteiger partial charge on any atom is -0.307 e. The van der Waals surface area contributed by atoms with Crippen LogP contribution in [0, 0.1) is 11.6 Å². The highest BCUT2D eigenvalue weighted by Crippen LogP contribution is 2.08. The van der Waals surface area contributed by atoms with Crippen molar-refractivity contribution >= 4 is 0 Å². The van der Waals surface area contributed by atoms with Crippen LogP contribution >= 0.6 is 0 Å². The molecule has 0 fully saturated rings. The van der Waals surface area contributed by atoms with Crippen LogP contribution in [0.4, 0.5) is 8.78 Å².